The van der Waals surface area contributed by atoms with Gasteiger partial charge in [-0.1, -0.05) is 20.8 Å². The lowest BCUT2D eigenvalue weighted by atomic mass is 9.85. The van der Waals surface area contributed by atoms with Crippen molar-refractivity contribution in [1.29, 1.82) is 0 Å². The van der Waals surface area contributed by atoms with Crippen molar-refractivity contribution in [3.05, 3.63) is 0 Å². The van der Waals surface area contributed by atoms with Crippen molar-refractivity contribution in [3.8, 4) is 0 Å². The molecule has 13 heavy (non-hydrogen) atoms. The van der Waals surface area contributed by atoms with Crippen LogP contribution < -0.4 is 0 Å². The van der Waals surface area contributed by atoms with E-state index in [4.69, 9.17) is 5.11 Å². The summed E-state index contributed by atoms with van der Waals surface area (Å²) in [5.41, 5.74) is -2.74. The smallest absolute Gasteiger partial charge is 0.381 e. The van der Waals surface area contributed by atoms with E-state index < -0.39 is 11.8 Å². The van der Waals surface area contributed by atoms with Crippen molar-refractivity contribution in [2.75, 3.05) is 0 Å². The molecular formula is C9H17F3O. The summed E-state index contributed by atoms with van der Waals surface area (Å²) in [5.74, 6) is 0. The Balaban J connectivity index is 4.21. The molecule has 0 fully saturated rings. The maximum Gasteiger partial charge on any atom is 0.416 e. The van der Waals surface area contributed by atoms with E-state index >= 15 is 0 Å². The third kappa shape index (κ3) is 4.50. The summed E-state index contributed by atoms with van der Waals surface area (Å²) < 4.78 is 36.5. The molecule has 80 valence electrons. The highest BCUT2D eigenvalue weighted by molar-refractivity contribution is 4.82. The molecule has 1 nitrogen and oxygen atoms in total. The second-order valence-electron chi connectivity index (χ2n) is 4.83. The first kappa shape index (κ1) is 12.8. The van der Waals surface area contributed by atoms with Gasteiger partial charge in [-0.3, -0.25) is 0 Å². The molecule has 0 aliphatic heterocycles. The zero-order chi connectivity index (χ0) is 10.9. The Kier molecular flexibility index (Phi) is 3.41. The summed E-state index contributed by atoms with van der Waals surface area (Å²) in [7, 11) is 0. The fraction of sp³-hybridized carbons (Fsp3) is 1.00. The monoisotopic (exact) mass is 198 g/mol. The average molecular weight is 198 g/mol. The minimum absolute atomic E-state index is 0.185. The molecule has 0 aliphatic carbocycles. The van der Waals surface area contributed by atoms with Gasteiger partial charge in [0.05, 0.1) is 0 Å². The van der Waals surface area contributed by atoms with Crippen LogP contribution in [0, 0.1) is 5.41 Å². The summed E-state index contributed by atoms with van der Waals surface area (Å²) in [6.07, 6.45) is -4.43. The van der Waals surface area contributed by atoms with Crippen LogP contribution in [0.4, 0.5) is 13.2 Å². The first-order valence-corrected chi connectivity index (χ1v) is 4.25. The lowest BCUT2D eigenvalue weighted by molar-refractivity contribution is -0.256. The van der Waals surface area contributed by atoms with Crippen LogP contribution in [0.5, 0.6) is 0 Å². The van der Waals surface area contributed by atoms with Gasteiger partial charge in [-0.05, 0) is 25.2 Å². The van der Waals surface area contributed by atoms with Crippen LogP contribution in [0.1, 0.15) is 40.5 Å². The second-order valence-corrected chi connectivity index (χ2v) is 4.83. The van der Waals surface area contributed by atoms with E-state index in [9.17, 15) is 13.2 Å². The Bertz CT molecular complexity index is 165. The summed E-state index contributed by atoms with van der Waals surface area (Å²) in [5, 5.41) is 9.09. The fourth-order valence-corrected chi connectivity index (χ4v) is 0.760. The van der Waals surface area contributed by atoms with E-state index in [0.717, 1.165) is 6.92 Å². The van der Waals surface area contributed by atoms with Crippen LogP contribution in [0.3, 0.4) is 0 Å². The quantitative estimate of drug-likeness (QED) is 0.722. The second kappa shape index (κ2) is 3.48. The van der Waals surface area contributed by atoms with E-state index in [0.29, 0.717) is 6.42 Å². The van der Waals surface area contributed by atoms with Gasteiger partial charge in [0, 0.05) is 0 Å². The molecule has 0 aliphatic rings. The van der Waals surface area contributed by atoms with Crippen LogP contribution in [0.2, 0.25) is 0 Å². The maximum absolute atomic E-state index is 12.2. The Morgan fingerprint density at radius 3 is 1.54 bits per heavy atom. The van der Waals surface area contributed by atoms with E-state index in [1.807, 2.05) is 20.8 Å². The van der Waals surface area contributed by atoms with Gasteiger partial charge in [-0.2, -0.15) is 13.2 Å². The molecule has 0 bridgehead atoms. The molecule has 1 unspecified atom stereocenters. The molecule has 1 N–H and O–H groups in total. The van der Waals surface area contributed by atoms with Gasteiger partial charge in [-0.25, -0.2) is 0 Å². The van der Waals surface area contributed by atoms with Crippen LogP contribution in [0.25, 0.3) is 0 Å². The molecule has 0 amide bonds. The van der Waals surface area contributed by atoms with Gasteiger partial charge in [0.1, 0.15) is 0 Å². The average Bonchev–Trinajstić information content (AvgIpc) is 1.79. The Hall–Kier alpha value is -0.250. The number of alkyl halides is 3. The molecule has 0 aromatic heterocycles. The van der Waals surface area contributed by atoms with Crippen molar-refractivity contribution in [1.82, 2.24) is 0 Å². The van der Waals surface area contributed by atoms with Crippen molar-refractivity contribution in [2.45, 2.75) is 52.3 Å². The summed E-state index contributed by atoms with van der Waals surface area (Å²) >= 11 is 0. The summed E-state index contributed by atoms with van der Waals surface area (Å²) in [6.45, 7) is 6.36. The Morgan fingerprint density at radius 2 is 1.31 bits per heavy atom. The highest BCUT2D eigenvalue weighted by Gasteiger charge is 2.49. The summed E-state index contributed by atoms with van der Waals surface area (Å²) in [6, 6.07) is 0. The first-order valence-electron chi connectivity index (χ1n) is 4.25. The molecule has 0 aromatic carbocycles. The molecule has 0 spiro atoms. The van der Waals surface area contributed by atoms with Gasteiger partial charge < -0.3 is 5.11 Å². The van der Waals surface area contributed by atoms with E-state index in [2.05, 4.69) is 0 Å². The Labute approximate surface area is 76.9 Å². The van der Waals surface area contributed by atoms with Crippen molar-refractivity contribution in [3.63, 3.8) is 0 Å². The SMILES string of the molecule is CC(C)(C)CCC(C)(O)C(F)(F)F. The lowest BCUT2D eigenvalue weighted by Gasteiger charge is -2.29. The van der Waals surface area contributed by atoms with Gasteiger partial charge >= 0.3 is 6.18 Å². The first-order chi connectivity index (χ1) is 5.46. The topological polar surface area (TPSA) is 20.2 Å². The number of aliphatic hydroxyl groups is 1. The molecule has 0 rings (SSSR count). The third-order valence-electron chi connectivity index (χ3n) is 1.97. The zero-order valence-electron chi connectivity index (χ0n) is 8.50. The van der Waals surface area contributed by atoms with E-state index in [1.165, 1.54) is 0 Å². The van der Waals surface area contributed by atoms with Gasteiger partial charge in [-0.15, -0.1) is 0 Å². The van der Waals surface area contributed by atoms with Crippen molar-refractivity contribution in [2.24, 2.45) is 5.41 Å². The van der Waals surface area contributed by atoms with Crippen molar-refractivity contribution < 1.29 is 18.3 Å². The highest BCUT2D eigenvalue weighted by Crippen LogP contribution is 2.36. The molecule has 0 aromatic rings. The third-order valence-corrected chi connectivity index (χ3v) is 1.97. The molecule has 0 saturated heterocycles. The number of rotatable bonds is 2. The highest BCUT2D eigenvalue weighted by atomic mass is 19.4. The van der Waals surface area contributed by atoms with Crippen LogP contribution in [-0.2, 0) is 0 Å². The molecule has 0 saturated carbocycles. The standard InChI is InChI=1S/C9H17F3O/c1-7(2,3)5-6-8(4,13)9(10,11)12/h13H,5-6H2,1-4H3. The van der Waals surface area contributed by atoms with E-state index in [1.54, 1.807) is 0 Å². The maximum atomic E-state index is 12.2. The molecule has 4 heteroatoms. The molecule has 0 radical (unpaired) electrons. The fourth-order valence-electron chi connectivity index (χ4n) is 0.760. The number of halogens is 3. The predicted molar refractivity (Wildman–Crippen MR) is 45.4 cm³/mol. The minimum Gasteiger partial charge on any atom is -0.381 e. The molecule has 0 heterocycles. The minimum atomic E-state index is -4.53. The van der Waals surface area contributed by atoms with Crippen LogP contribution in [0.15, 0.2) is 0 Å². The predicted octanol–water partition coefficient (Wildman–Crippen LogP) is 3.13. The number of hydrogen-bond donors (Lipinski definition) is 1. The molecule has 1 atom stereocenters. The number of hydrogen-bond acceptors (Lipinski definition) is 1. The summed E-state index contributed by atoms with van der Waals surface area (Å²) in [4.78, 5) is 0. The van der Waals surface area contributed by atoms with Crippen LogP contribution in [-0.4, -0.2) is 16.9 Å². The molecular weight excluding hydrogens is 181 g/mol. The largest absolute Gasteiger partial charge is 0.416 e. The van der Waals surface area contributed by atoms with Gasteiger partial charge in [0.2, 0.25) is 0 Å². The van der Waals surface area contributed by atoms with Gasteiger partial charge in [0.15, 0.2) is 5.60 Å². The lowest BCUT2D eigenvalue weighted by Crippen LogP contribution is -2.42. The van der Waals surface area contributed by atoms with Gasteiger partial charge in [0.25, 0.3) is 0 Å². The van der Waals surface area contributed by atoms with Crippen molar-refractivity contribution >= 4 is 0 Å². The van der Waals surface area contributed by atoms with E-state index in [-0.39, 0.29) is 11.8 Å². The van der Waals surface area contributed by atoms with Crippen LogP contribution >= 0.6 is 0 Å². The normalized spacial score (nSPS) is 18.5. The zero-order valence-corrected chi connectivity index (χ0v) is 8.50. The Morgan fingerprint density at radius 1 is 0.923 bits per heavy atom.